The quantitative estimate of drug-likeness (QED) is 0.621. The molecule has 0 aliphatic rings. The molecule has 0 spiro atoms. The second-order valence-corrected chi connectivity index (χ2v) is 5.12. The van der Waals surface area contributed by atoms with Gasteiger partial charge in [0.05, 0.1) is 18.1 Å². The smallest absolute Gasteiger partial charge is 0.399 e. The molecule has 0 saturated carbocycles. The highest BCUT2D eigenvalue weighted by atomic mass is 32.2. The number of benzene rings is 1. The van der Waals surface area contributed by atoms with Gasteiger partial charge in [-0.1, -0.05) is 22.1 Å². The van der Waals surface area contributed by atoms with Crippen molar-refractivity contribution in [2.75, 3.05) is 13.2 Å². The van der Waals surface area contributed by atoms with Gasteiger partial charge in [0.15, 0.2) is 0 Å². The van der Waals surface area contributed by atoms with Crippen molar-refractivity contribution in [1.82, 2.24) is 0 Å². The molecule has 1 aromatic carbocycles. The van der Waals surface area contributed by atoms with Gasteiger partial charge in [-0.2, -0.15) is 8.42 Å². The maximum atomic E-state index is 12.0. The molecule has 0 atom stereocenters. The van der Waals surface area contributed by atoms with Gasteiger partial charge in [0.1, 0.15) is 0 Å². The summed E-state index contributed by atoms with van der Waals surface area (Å²) in [5.41, 5.74) is 0.979. The Morgan fingerprint density at radius 2 is 1.61 bits per heavy atom. The first-order valence-corrected chi connectivity index (χ1v) is 7.10. The first-order valence-electron chi connectivity index (χ1n) is 5.66. The molecule has 0 heterocycles. The van der Waals surface area contributed by atoms with Crippen LogP contribution in [0.4, 0.5) is 0 Å². The molecular weight excluding hydrogens is 254 g/mol. The lowest BCUT2D eigenvalue weighted by molar-refractivity contribution is 0.182. The minimum Gasteiger partial charge on any atom is -0.450 e. The van der Waals surface area contributed by atoms with Crippen molar-refractivity contribution < 1.29 is 17.9 Å². The number of ether oxygens (including phenoxy) is 2. The lowest BCUT2D eigenvalue weighted by Gasteiger charge is -2.07. The summed E-state index contributed by atoms with van der Waals surface area (Å²) in [6.45, 7) is 5.93. The molecule has 100 valence electrons. The van der Waals surface area contributed by atoms with Gasteiger partial charge in [-0.3, -0.25) is 0 Å². The number of hydrogen-bond acceptors (Lipinski definition) is 4. The molecular formula is C12H17NO4S. The minimum absolute atomic E-state index is 0.116. The van der Waals surface area contributed by atoms with E-state index in [1.54, 1.807) is 26.0 Å². The van der Waals surface area contributed by atoms with Crippen LogP contribution >= 0.6 is 0 Å². The van der Waals surface area contributed by atoms with Crippen LogP contribution in [0.2, 0.25) is 0 Å². The first kappa shape index (κ1) is 14.5. The van der Waals surface area contributed by atoms with Gasteiger partial charge >= 0.3 is 6.08 Å². The molecule has 5 nitrogen and oxygen atoms in total. The van der Waals surface area contributed by atoms with Gasteiger partial charge in [0.2, 0.25) is 0 Å². The van der Waals surface area contributed by atoms with Crippen LogP contribution in [-0.4, -0.2) is 27.7 Å². The van der Waals surface area contributed by atoms with E-state index >= 15 is 0 Å². The highest BCUT2D eigenvalue weighted by Crippen LogP contribution is 2.13. The molecule has 0 aromatic heterocycles. The van der Waals surface area contributed by atoms with Crippen LogP contribution in [0, 0.1) is 6.92 Å². The molecule has 0 aliphatic carbocycles. The lowest BCUT2D eigenvalue weighted by atomic mass is 10.2. The number of sulfonamides is 1. The van der Waals surface area contributed by atoms with E-state index in [1.807, 2.05) is 6.92 Å². The molecule has 0 N–H and O–H groups in total. The molecule has 0 amide bonds. The topological polar surface area (TPSA) is 65.0 Å². The summed E-state index contributed by atoms with van der Waals surface area (Å²) in [5, 5.41) is 0. The van der Waals surface area contributed by atoms with Crippen LogP contribution in [0.25, 0.3) is 0 Å². The fourth-order valence-electron chi connectivity index (χ4n) is 1.20. The Labute approximate surface area is 108 Å². The summed E-state index contributed by atoms with van der Waals surface area (Å²) >= 11 is 0. The average molecular weight is 271 g/mol. The van der Waals surface area contributed by atoms with Crippen molar-refractivity contribution >= 4 is 16.1 Å². The third kappa shape index (κ3) is 4.03. The van der Waals surface area contributed by atoms with Gasteiger partial charge < -0.3 is 9.47 Å². The Bertz CT molecular complexity index is 497. The molecule has 1 rings (SSSR count). The van der Waals surface area contributed by atoms with E-state index < -0.39 is 10.0 Å². The summed E-state index contributed by atoms with van der Waals surface area (Å²) < 4.78 is 37.5. The summed E-state index contributed by atoms with van der Waals surface area (Å²) in [5.74, 6) is 0. The van der Waals surface area contributed by atoms with Crippen molar-refractivity contribution in [3.63, 3.8) is 0 Å². The van der Waals surface area contributed by atoms with E-state index in [1.165, 1.54) is 12.1 Å². The molecule has 18 heavy (non-hydrogen) atoms. The molecule has 0 fully saturated rings. The normalized spacial score (nSPS) is 10.8. The van der Waals surface area contributed by atoms with E-state index in [0.717, 1.165) is 5.56 Å². The molecule has 0 radical (unpaired) electrons. The summed E-state index contributed by atoms with van der Waals surface area (Å²) in [7, 11) is -3.78. The van der Waals surface area contributed by atoms with E-state index in [4.69, 9.17) is 9.47 Å². The van der Waals surface area contributed by atoms with Gasteiger partial charge in [-0.05, 0) is 32.9 Å². The Kier molecular flexibility index (Phi) is 5.15. The lowest BCUT2D eigenvalue weighted by Crippen LogP contribution is -2.12. The van der Waals surface area contributed by atoms with Crippen molar-refractivity contribution in [1.29, 1.82) is 0 Å². The Morgan fingerprint density at radius 3 is 2.06 bits per heavy atom. The largest absolute Gasteiger partial charge is 0.450 e. The fourth-order valence-corrected chi connectivity index (χ4v) is 2.09. The summed E-state index contributed by atoms with van der Waals surface area (Å²) in [6, 6.07) is 6.43. The molecule has 0 aliphatic heterocycles. The fraction of sp³-hybridized carbons (Fsp3) is 0.417. The van der Waals surface area contributed by atoms with Crippen LogP contribution in [0.5, 0.6) is 0 Å². The van der Waals surface area contributed by atoms with Crippen LogP contribution in [-0.2, 0) is 19.5 Å². The second-order valence-electron chi connectivity index (χ2n) is 3.51. The van der Waals surface area contributed by atoms with Gasteiger partial charge in [0.25, 0.3) is 10.0 Å². The average Bonchev–Trinajstić information content (AvgIpc) is 2.29. The predicted molar refractivity (Wildman–Crippen MR) is 69.1 cm³/mol. The number of nitrogens with zero attached hydrogens (tertiary/aromatic N) is 1. The van der Waals surface area contributed by atoms with Crippen LogP contribution in [0.3, 0.4) is 0 Å². The minimum atomic E-state index is -3.78. The summed E-state index contributed by atoms with van der Waals surface area (Å²) in [6.07, 6.45) is -0.222. The van der Waals surface area contributed by atoms with Crippen molar-refractivity contribution in [3.8, 4) is 0 Å². The monoisotopic (exact) mass is 271 g/mol. The Hall–Kier alpha value is -1.56. The second kappa shape index (κ2) is 6.39. The van der Waals surface area contributed by atoms with E-state index in [-0.39, 0.29) is 11.0 Å². The molecule has 0 bridgehead atoms. The Balaban J connectivity index is 3.04. The van der Waals surface area contributed by atoms with E-state index in [2.05, 4.69) is 4.40 Å². The van der Waals surface area contributed by atoms with Crippen molar-refractivity contribution in [2.45, 2.75) is 25.7 Å². The number of aryl methyl sites for hydroxylation is 1. The van der Waals surface area contributed by atoms with E-state index in [9.17, 15) is 8.42 Å². The zero-order chi connectivity index (χ0) is 13.6. The predicted octanol–water partition coefficient (Wildman–Crippen LogP) is 2.11. The van der Waals surface area contributed by atoms with Crippen LogP contribution in [0.1, 0.15) is 19.4 Å². The number of hydrogen-bond donors (Lipinski definition) is 0. The van der Waals surface area contributed by atoms with E-state index in [0.29, 0.717) is 13.2 Å². The van der Waals surface area contributed by atoms with Gasteiger partial charge in [0, 0.05) is 0 Å². The molecule has 1 aromatic rings. The molecule has 6 heteroatoms. The van der Waals surface area contributed by atoms with Gasteiger partial charge in [-0.25, -0.2) is 0 Å². The zero-order valence-corrected chi connectivity index (χ0v) is 11.5. The highest BCUT2D eigenvalue weighted by Gasteiger charge is 2.15. The third-order valence-electron chi connectivity index (χ3n) is 2.05. The van der Waals surface area contributed by atoms with Crippen molar-refractivity contribution in [3.05, 3.63) is 29.8 Å². The maximum Gasteiger partial charge on any atom is 0.399 e. The maximum absolute atomic E-state index is 12.0. The first-order chi connectivity index (χ1) is 8.49. The zero-order valence-electron chi connectivity index (χ0n) is 10.7. The molecule has 0 saturated heterocycles. The van der Waals surface area contributed by atoms with Gasteiger partial charge in [-0.15, -0.1) is 0 Å². The van der Waals surface area contributed by atoms with Crippen LogP contribution in [0.15, 0.2) is 33.6 Å². The number of rotatable bonds is 4. The van der Waals surface area contributed by atoms with Crippen molar-refractivity contribution in [2.24, 2.45) is 4.40 Å². The highest BCUT2D eigenvalue weighted by molar-refractivity contribution is 7.90. The molecule has 0 unspecified atom stereocenters. The standard InChI is InChI=1S/C12H17NO4S/c1-4-16-12(17-5-2)13-18(14,15)11-8-6-10(3)7-9-11/h6-9H,4-5H2,1-3H3. The van der Waals surface area contributed by atoms with Crippen LogP contribution < -0.4 is 0 Å². The SMILES string of the molecule is CCOC(=NS(=O)(=O)c1ccc(C)cc1)OCC. The third-order valence-corrected chi connectivity index (χ3v) is 3.31. The summed E-state index contributed by atoms with van der Waals surface area (Å²) in [4.78, 5) is 0.116. The Morgan fingerprint density at radius 1 is 1.11 bits per heavy atom.